The Kier molecular flexibility index (Phi) is 4.81. The zero-order valence-electron chi connectivity index (χ0n) is 14.3. The summed E-state index contributed by atoms with van der Waals surface area (Å²) in [6, 6.07) is 11.2. The lowest BCUT2D eigenvalue weighted by molar-refractivity contribution is 0.0955. The number of hydrazone groups is 1. The number of benzene rings is 2. The van der Waals surface area contributed by atoms with Crippen molar-refractivity contribution in [2.45, 2.75) is 26.2 Å². The van der Waals surface area contributed by atoms with Gasteiger partial charge in [-0.1, -0.05) is 32.9 Å². The molecule has 0 spiro atoms. The van der Waals surface area contributed by atoms with Gasteiger partial charge in [0.15, 0.2) is 11.5 Å². The molecule has 0 aliphatic carbocycles. The molecule has 130 valence electrons. The van der Waals surface area contributed by atoms with Gasteiger partial charge in [0.1, 0.15) is 0 Å². The van der Waals surface area contributed by atoms with Crippen LogP contribution in [-0.2, 0) is 5.41 Å². The average molecular weight is 403 g/mol. The number of hydrogen-bond donors (Lipinski definition) is 1. The highest BCUT2D eigenvalue weighted by atomic mass is 79.9. The summed E-state index contributed by atoms with van der Waals surface area (Å²) in [5, 5.41) is 4.02. The van der Waals surface area contributed by atoms with E-state index in [0.717, 1.165) is 10.0 Å². The molecule has 1 aliphatic rings. The van der Waals surface area contributed by atoms with Gasteiger partial charge in [-0.3, -0.25) is 4.79 Å². The quantitative estimate of drug-likeness (QED) is 0.616. The van der Waals surface area contributed by atoms with Crippen LogP contribution in [0.4, 0.5) is 0 Å². The van der Waals surface area contributed by atoms with Crippen molar-refractivity contribution >= 4 is 28.1 Å². The van der Waals surface area contributed by atoms with Crippen LogP contribution in [0.3, 0.4) is 0 Å². The second kappa shape index (κ2) is 6.88. The number of amides is 1. The summed E-state index contributed by atoms with van der Waals surface area (Å²) in [5.41, 5.74) is 5.12. The lowest BCUT2D eigenvalue weighted by atomic mass is 9.87. The lowest BCUT2D eigenvalue weighted by Crippen LogP contribution is -2.18. The van der Waals surface area contributed by atoms with Crippen molar-refractivity contribution in [1.29, 1.82) is 0 Å². The molecular weight excluding hydrogens is 384 g/mol. The topological polar surface area (TPSA) is 59.9 Å². The molecule has 0 saturated carbocycles. The van der Waals surface area contributed by atoms with Crippen molar-refractivity contribution in [2.75, 3.05) is 6.79 Å². The third-order valence-corrected chi connectivity index (χ3v) is 4.56. The molecule has 2 aromatic rings. The van der Waals surface area contributed by atoms with Gasteiger partial charge in [-0.05, 0) is 51.2 Å². The summed E-state index contributed by atoms with van der Waals surface area (Å²) < 4.78 is 11.4. The predicted octanol–water partition coefficient (Wildman–Crippen LogP) is 4.24. The monoisotopic (exact) mass is 402 g/mol. The van der Waals surface area contributed by atoms with Gasteiger partial charge in [-0.2, -0.15) is 5.10 Å². The van der Waals surface area contributed by atoms with Crippen molar-refractivity contribution < 1.29 is 14.3 Å². The van der Waals surface area contributed by atoms with Gasteiger partial charge in [-0.15, -0.1) is 0 Å². The maximum atomic E-state index is 12.2. The van der Waals surface area contributed by atoms with Crippen molar-refractivity contribution in [2.24, 2.45) is 5.10 Å². The van der Waals surface area contributed by atoms with Crippen LogP contribution in [0, 0.1) is 0 Å². The van der Waals surface area contributed by atoms with Gasteiger partial charge < -0.3 is 9.47 Å². The van der Waals surface area contributed by atoms with Gasteiger partial charge in [-0.25, -0.2) is 5.43 Å². The Balaban J connectivity index is 1.67. The zero-order valence-corrected chi connectivity index (χ0v) is 15.9. The summed E-state index contributed by atoms with van der Waals surface area (Å²) in [4.78, 5) is 12.2. The number of rotatable bonds is 3. The van der Waals surface area contributed by atoms with Crippen molar-refractivity contribution in [3.05, 3.63) is 57.6 Å². The highest BCUT2D eigenvalue weighted by Crippen LogP contribution is 2.36. The first-order chi connectivity index (χ1) is 11.8. The van der Waals surface area contributed by atoms with Gasteiger partial charge in [0.05, 0.1) is 6.21 Å². The van der Waals surface area contributed by atoms with Crippen LogP contribution >= 0.6 is 15.9 Å². The molecule has 0 saturated heterocycles. The van der Waals surface area contributed by atoms with Crippen LogP contribution in [0.1, 0.15) is 42.3 Å². The van der Waals surface area contributed by atoms with Gasteiger partial charge in [0.2, 0.25) is 6.79 Å². The molecular formula is C19H19BrN2O3. The van der Waals surface area contributed by atoms with E-state index in [2.05, 4.69) is 47.2 Å². The van der Waals surface area contributed by atoms with E-state index in [1.165, 1.54) is 5.56 Å². The Morgan fingerprint density at radius 2 is 1.80 bits per heavy atom. The van der Waals surface area contributed by atoms with E-state index in [-0.39, 0.29) is 18.1 Å². The molecule has 1 N–H and O–H groups in total. The summed E-state index contributed by atoms with van der Waals surface area (Å²) in [5.74, 6) is 1.09. The number of fused-ring (bicyclic) bond motifs is 1. The first-order valence-electron chi connectivity index (χ1n) is 7.88. The number of halogens is 1. The maximum Gasteiger partial charge on any atom is 0.271 e. The Hall–Kier alpha value is -2.34. The first kappa shape index (κ1) is 17.5. The van der Waals surface area contributed by atoms with E-state index in [9.17, 15) is 4.79 Å². The minimum Gasteiger partial charge on any atom is -0.454 e. The summed E-state index contributed by atoms with van der Waals surface area (Å²) >= 11 is 3.45. The number of carbonyl (C=O) groups is 1. The fraction of sp³-hybridized carbons (Fsp3) is 0.263. The van der Waals surface area contributed by atoms with Crippen LogP contribution in [0.25, 0.3) is 0 Å². The van der Waals surface area contributed by atoms with Crippen LogP contribution in [0.2, 0.25) is 0 Å². The Bertz CT molecular complexity index is 824. The summed E-state index contributed by atoms with van der Waals surface area (Å²) in [7, 11) is 0. The normalized spacial score (nSPS) is 13.3. The standard InChI is InChI=1S/C19H19BrN2O3/c1-19(2,3)14-6-4-12(5-7-14)18(23)22-21-10-13-8-16-17(9-15(13)20)25-11-24-16/h4-10H,11H2,1-3H3,(H,22,23). The minimum absolute atomic E-state index is 0.0544. The Labute approximate surface area is 155 Å². The molecule has 2 aromatic carbocycles. The first-order valence-corrected chi connectivity index (χ1v) is 8.67. The fourth-order valence-electron chi connectivity index (χ4n) is 2.38. The second-order valence-corrected chi connectivity index (χ2v) is 7.61. The van der Waals surface area contributed by atoms with E-state index in [1.54, 1.807) is 12.3 Å². The van der Waals surface area contributed by atoms with Crippen molar-refractivity contribution in [1.82, 2.24) is 5.43 Å². The van der Waals surface area contributed by atoms with E-state index < -0.39 is 0 Å². The summed E-state index contributed by atoms with van der Waals surface area (Å²) in [6.45, 7) is 6.62. The SMILES string of the molecule is CC(C)(C)c1ccc(C(=O)NN=Cc2cc3c(cc2Br)OCO3)cc1. The van der Waals surface area contributed by atoms with E-state index >= 15 is 0 Å². The number of ether oxygens (including phenoxy) is 2. The van der Waals surface area contributed by atoms with Crippen LogP contribution in [-0.4, -0.2) is 18.9 Å². The molecule has 0 bridgehead atoms. The van der Waals surface area contributed by atoms with E-state index in [4.69, 9.17) is 9.47 Å². The highest BCUT2D eigenvalue weighted by molar-refractivity contribution is 9.10. The average Bonchev–Trinajstić information content (AvgIpc) is 3.01. The highest BCUT2D eigenvalue weighted by Gasteiger charge is 2.16. The zero-order chi connectivity index (χ0) is 18.0. The molecule has 3 rings (SSSR count). The van der Waals surface area contributed by atoms with Gasteiger partial charge in [0.25, 0.3) is 5.91 Å². The smallest absolute Gasteiger partial charge is 0.271 e. The Morgan fingerprint density at radius 1 is 1.16 bits per heavy atom. The lowest BCUT2D eigenvalue weighted by Gasteiger charge is -2.18. The number of hydrogen-bond acceptors (Lipinski definition) is 4. The third-order valence-electron chi connectivity index (χ3n) is 3.87. The fourth-order valence-corrected chi connectivity index (χ4v) is 2.80. The minimum atomic E-state index is -0.256. The molecule has 0 aromatic heterocycles. The molecule has 1 aliphatic heterocycles. The molecule has 0 atom stereocenters. The third kappa shape index (κ3) is 4.02. The molecule has 1 heterocycles. The van der Waals surface area contributed by atoms with E-state index in [0.29, 0.717) is 17.1 Å². The van der Waals surface area contributed by atoms with Gasteiger partial charge in [0, 0.05) is 15.6 Å². The van der Waals surface area contributed by atoms with Crippen molar-refractivity contribution in [3.8, 4) is 11.5 Å². The molecule has 25 heavy (non-hydrogen) atoms. The number of carbonyl (C=O) groups excluding carboxylic acids is 1. The summed E-state index contributed by atoms with van der Waals surface area (Å²) in [6.07, 6.45) is 1.56. The number of nitrogens with zero attached hydrogens (tertiary/aromatic N) is 1. The molecule has 1 amide bonds. The van der Waals surface area contributed by atoms with Crippen LogP contribution < -0.4 is 14.9 Å². The maximum absolute atomic E-state index is 12.2. The van der Waals surface area contributed by atoms with Crippen molar-refractivity contribution in [3.63, 3.8) is 0 Å². The largest absolute Gasteiger partial charge is 0.454 e. The molecule has 6 heteroatoms. The molecule has 0 fully saturated rings. The van der Waals surface area contributed by atoms with Crippen LogP contribution in [0.15, 0.2) is 46.0 Å². The van der Waals surface area contributed by atoms with E-state index in [1.807, 2.05) is 30.3 Å². The van der Waals surface area contributed by atoms with Crippen LogP contribution in [0.5, 0.6) is 11.5 Å². The predicted molar refractivity (Wildman–Crippen MR) is 100 cm³/mol. The molecule has 5 nitrogen and oxygen atoms in total. The molecule has 0 unspecified atom stereocenters. The second-order valence-electron chi connectivity index (χ2n) is 6.75. The Morgan fingerprint density at radius 3 is 2.44 bits per heavy atom. The molecule has 0 radical (unpaired) electrons. The van der Waals surface area contributed by atoms with Gasteiger partial charge >= 0.3 is 0 Å². The number of nitrogens with one attached hydrogen (secondary N) is 1.